The van der Waals surface area contributed by atoms with Gasteiger partial charge in [0.05, 0.1) is 6.61 Å². The normalized spacial score (nSPS) is 11.7. The SMILES string of the molecule is C=C(/C=C(\C=C/C)c1cc(C)c(CCC)[nH]1)c1ccc(OCCCC(=O)N(C)C)cc1. The van der Waals surface area contributed by atoms with Crippen molar-refractivity contribution in [1.82, 2.24) is 9.88 Å². The molecule has 1 aromatic heterocycles. The van der Waals surface area contributed by atoms with Gasteiger partial charge in [0.25, 0.3) is 0 Å². The molecule has 0 unspecified atom stereocenters. The van der Waals surface area contributed by atoms with Gasteiger partial charge < -0.3 is 14.6 Å². The van der Waals surface area contributed by atoms with E-state index in [1.807, 2.05) is 37.3 Å². The van der Waals surface area contributed by atoms with Crippen LogP contribution in [-0.2, 0) is 11.2 Å². The minimum atomic E-state index is 0.123. The molecule has 0 saturated carbocycles. The van der Waals surface area contributed by atoms with E-state index in [0.29, 0.717) is 19.4 Å². The predicted molar refractivity (Wildman–Crippen MR) is 131 cm³/mol. The molecule has 0 bridgehead atoms. The molecule has 1 aromatic carbocycles. The molecule has 0 fully saturated rings. The van der Waals surface area contributed by atoms with Crippen LogP contribution in [-0.4, -0.2) is 36.5 Å². The van der Waals surface area contributed by atoms with E-state index in [1.54, 1.807) is 19.0 Å². The molecule has 1 heterocycles. The predicted octanol–water partition coefficient (Wildman–Crippen LogP) is 6.20. The van der Waals surface area contributed by atoms with Crippen LogP contribution < -0.4 is 4.74 Å². The zero-order valence-corrected chi connectivity index (χ0v) is 19.6. The van der Waals surface area contributed by atoms with Crippen molar-refractivity contribution < 1.29 is 9.53 Å². The average Bonchev–Trinajstić information content (AvgIpc) is 3.11. The van der Waals surface area contributed by atoms with E-state index < -0.39 is 0 Å². The lowest BCUT2D eigenvalue weighted by Gasteiger charge is -2.11. The van der Waals surface area contributed by atoms with Crippen molar-refractivity contribution in [3.8, 4) is 5.75 Å². The largest absolute Gasteiger partial charge is 0.494 e. The van der Waals surface area contributed by atoms with Crippen LogP contribution in [0.2, 0.25) is 0 Å². The van der Waals surface area contributed by atoms with Crippen molar-refractivity contribution in [2.75, 3.05) is 20.7 Å². The third kappa shape index (κ3) is 7.32. The third-order valence-corrected chi connectivity index (χ3v) is 5.14. The quantitative estimate of drug-likeness (QED) is 0.348. The van der Waals surface area contributed by atoms with Gasteiger partial charge in [0.2, 0.25) is 5.91 Å². The Hall–Kier alpha value is -3.01. The summed E-state index contributed by atoms with van der Waals surface area (Å²) < 4.78 is 5.77. The highest BCUT2D eigenvalue weighted by atomic mass is 16.5. The monoisotopic (exact) mass is 420 g/mol. The Kier molecular flexibility index (Phi) is 9.39. The number of ether oxygens (including phenoxy) is 1. The highest BCUT2D eigenvalue weighted by Crippen LogP contribution is 2.25. The lowest BCUT2D eigenvalue weighted by Crippen LogP contribution is -2.21. The van der Waals surface area contributed by atoms with Gasteiger partial charge in [0, 0.05) is 31.9 Å². The number of hydrogen-bond donors (Lipinski definition) is 1. The number of nitrogens with zero attached hydrogens (tertiary/aromatic N) is 1. The fourth-order valence-electron chi connectivity index (χ4n) is 3.33. The Morgan fingerprint density at radius 3 is 2.55 bits per heavy atom. The van der Waals surface area contributed by atoms with E-state index in [1.165, 1.54) is 11.3 Å². The Balaban J connectivity index is 2.04. The van der Waals surface area contributed by atoms with E-state index in [-0.39, 0.29) is 5.91 Å². The highest BCUT2D eigenvalue weighted by molar-refractivity contribution is 5.86. The molecule has 0 radical (unpaired) electrons. The molecule has 0 spiro atoms. The van der Waals surface area contributed by atoms with Crippen LogP contribution in [0.1, 0.15) is 55.6 Å². The number of aromatic nitrogens is 1. The first-order valence-corrected chi connectivity index (χ1v) is 11.0. The van der Waals surface area contributed by atoms with Crippen LogP contribution in [0.25, 0.3) is 11.1 Å². The fraction of sp³-hybridized carbons (Fsp3) is 0.370. The molecule has 2 aromatic rings. The Morgan fingerprint density at radius 1 is 1.23 bits per heavy atom. The minimum Gasteiger partial charge on any atom is -0.494 e. The summed E-state index contributed by atoms with van der Waals surface area (Å²) in [5.41, 5.74) is 6.82. The van der Waals surface area contributed by atoms with Crippen LogP contribution in [0.3, 0.4) is 0 Å². The Labute approximate surface area is 187 Å². The van der Waals surface area contributed by atoms with Crippen molar-refractivity contribution in [1.29, 1.82) is 0 Å². The molecule has 0 saturated heterocycles. The fourth-order valence-corrected chi connectivity index (χ4v) is 3.33. The summed E-state index contributed by atoms with van der Waals surface area (Å²) in [7, 11) is 3.54. The Morgan fingerprint density at radius 2 is 1.94 bits per heavy atom. The van der Waals surface area contributed by atoms with E-state index in [9.17, 15) is 4.79 Å². The number of hydrogen-bond acceptors (Lipinski definition) is 2. The standard InChI is InChI=1S/C27H36N2O2/c1-7-10-23(26-19-21(4)25(28-26)11-8-2)18-20(3)22-13-15-24(16-14-22)31-17-9-12-27(30)29(5)6/h7,10,13-16,18-19,28H,3,8-9,11-12,17H2,1-2,4-6H3/b10-7-,23-18+. The summed E-state index contributed by atoms with van der Waals surface area (Å²) in [4.78, 5) is 16.8. The lowest BCUT2D eigenvalue weighted by atomic mass is 10.0. The summed E-state index contributed by atoms with van der Waals surface area (Å²) in [6.45, 7) is 11.2. The van der Waals surface area contributed by atoms with Crippen LogP contribution in [0, 0.1) is 6.92 Å². The van der Waals surface area contributed by atoms with E-state index in [0.717, 1.165) is 41.0 Å². The number of aryl methyl sites for hydroxylation is 2. The molecule has 0 aliphatic heterocycles. The maximum Gasteiger partial charge on any atom is 0.222 e. The molecule has 0 aliphatic carbocycles. The van der Waals surface area contributed by atoms with Gasteiger partial charge >= 0.3 is 0 Å². The number of carbonyl (C=O) groups excluding carboxylic acids is 1. The van der Waals surface area contributed by atoms with Crippen molar-refractivity contribution in [2.45, 2.75) is 46.5 Å². The number of allylic oxidation sites excluding steroid dienone is 5. The molecule has 31 heavy (non-hydrogen) atoms. The molecule has 2 rings (SSSR count). The van der Waals surface area contributed by atoms with Gasteiger partial charge in [-0.05, 0) is 73.2 Å². The summed E-state index contributed by atoms with van der Waals surface area (Å²) in [6.07, 6.45) is 9.65. The van der Waals surface area contributed by atoms with Gasteiger partial charge in [0.1, 0.15) is 5.75 Å². The van der Waals surface area contributed by atoms with Gasteiger partial charge in [-0.3, -0.25) is 4.79 Å². The number of amides is 1. The van der Waals surface area contributed by atoms with Gasteiger partial charge in [-0.15, -0.1) is 0 Å². The second-order valence-electron chi connectivity index (χ2n) is 7.98. The van der Waals surface area contributed by atoms with Crippen LogP contribution in [0.4, 0.5) is 0 Å². The van der Waals surface area contributed by atoms with Gasteiger partial charge in [-0.2, -0.15) is 0 Å². The van der Waals surface area contributed by atoms with Gasteiger partial charge in [0.15, 0.2) is 0 Å². The first-order chi connectivity index (χ1) is 14.8. The minimum absolute atomic E-state index is 0.123. The van der Waals surface area contributed by atoms with Crippen molar-refractivity contribution >= 4 is 17.1 Å². The van der Waals surface area contributed by atoms with Crippen molar-refractivity contribution in [2.24, 2.45) is 0 Å². The first-order valence-electron chi connectivity index (χ1n) is 11.0. The summed E-state index contributed by atoms with van der Waals surface area (Å²) >= 11 is 0. The second kappa shape index (κ2) is 12.0. The molecule has 4 heteroatoms. The van der Waals surface area contributed by atoms with Crippen molar-refractivity contribution in [3.05, 3.63) is 77.7 Å². The molecule has 166 valence electrons. The molecular formula is C27H36N2O2. The van der Waals surface area contributed by atoms with Crippen LogP contribution in [0.5, 0.6) is 5.75 Å². The van der Waals surface area contributed by atoms with Crippen LogP contribution >= 0.6 is 0 Å². The maximum absolute atomic E-state index is 11.6. The molecule has 0 aliphatic rings. The zero-order chi connectivity index (χ0) is 22.8. The molecule has 1 amide bonds. The number of H-pyrrole nitrogens is 1. The van der Waals surface area contributed by atoms with E-state index >= 15 is 0 Å². The number of benzene rings is 1. The number of nitrogens with one attached hydrogen (secondary N) is 1. The highest BCUT2D eigenvalue weighted by Gasteiger charge is 2.08. The summed E-state index contributed by atoms with van der Waals surface area (Å²) in [5.74, 6) is 0.925. The number of rotatable bonds is 11. The topological polar surface area (TPSA) is 45.3 Å². The molecule has 4 nitrogen and oxygen atoms in total. The smallest absolute Gasteiger partial charge is 0.222 e. The zero-order valence-electron chi connectivity index (χ0n) is 19.6. The third-order valence-electron chi connectivity index (χ3n) is 5.14. The number of aromatic amines is 1. The maximum atomic E-state index is 11.6. The molecule has 1 N–H and O–H groups in total. The van der Waals surface area contributed by atoms with Crippen molar-refractivity contribution in [3.63, 3.8) is 0 Å². The Bertz CT molecular complexity index is 931. The summed E-state index contributed by atoms with van der Waals surface area (Å²) in [5, 5.41) is 0. The van der Waals surface area contributed by atoms with E-state index in [2.05, 4.69) is 43.6 Å². The molecule has 0 atom stereocenters. The first kappa shape index (κ1) is 24.3. The van der Waals surface area contributed by atoms with Crippen LogP contribution in [0.15, 0.2) is 55.1 Å². The number of carbonyl (C=O) groups is 1. The average molecular weight is 421 g/mol. The van der Waals surface area contributed by atoms with E-state index in [4.69, 9.17) is 4.74 Å². The summed E-state index contributed by atoms with van der Waals surface area (Å²) in [6, 6.07) is 10.2. The molecular weight excluding hydrogens is 384 g/mol. The second-order valence-corrected chi connectivity index (χ2v) is 7.98. The van der Waals surface area contributed by atoms with Gasteiger partial charge in [-0.25, -0.2) is 0 Å². The van der Waals surface area contributed by atoms with Gasteiger partial charge in [-0.1, -0.05) is 44.2 Å². The lowest BCUT2D eigenvalue weighted by molar-refractivity contribution is -0.128.